The highest BCUT2D eigenvalue weighted by atomic mass is 19.4. The van der Waals surface area contributed by atoms with Gasteiger partial charge in [0.25, 0.3) is 11.5 Å². The van der Waals surface area contributed by atoms with E-state index in [-0.39, 0.29) is 28.6 Å². The number of carbonyl (C=O) groups excluding carboxylic acids is 1. The number of methoxy groups -OCH3 is 1. The van der Waals surface area contributed by atoms with Crippen LogP contribution in [0.1, 0.15) is 53.1 Å². The van der Waals surface area contributed by atoms with Gasteiger partial charge in [-0.05, 0) is 61.4 Å². The number of halogens is 4. The van der Waals surface area contributed by atoms with Crippen LogP contribution in [0.5, 0.6) is 5.75 Å². The highest BCUT2D eigenvalue weighted by Crippen LogP contribution is 2.36. The molecule has 1 saturated carbocycles. The Balaban J connectivity index is 1.61. The molecule has 1 heterocycles. The molecule has 1 N–H and O–H groups in total. The number of hydrogen-bond acceptors (Lipinski definition) is 3. The first-order valence-corrected chi connectivity index (χ1v) is 11.6. The summed E-state index contributed by atoms with van der Waals surface area (Å²) in [6.45, 7) is 0. The van der Waals surface area contributed by atoms with Gasteiger partial charge >= 0.3 is 6.18 Å². The van der Waals surface area contributed by atoms with Crippen LogP contribution >= 0.6 is 0 Å². The minimum Gasteiger partial charge on any atom is -0.491 e. The zero-order valence-electron chi connectivity index (χ0n) is 19.9. The second-order valence-electron chi connectivity index (χ2n) is 9.02. The fourth-order valence-electron chi connectivity index (χ4n) is 4.85. The maximum atomic E-state index is 14.0. The van der Waals surface area contributed by atoms with E-state index in [4.69, 9.17) is 4.74 Å². The Kier molecular flexibility index (Phi) is 7.19. The van der Waals surface area contributed by atoms with Gasteiger partial charge in [0, 0.05) is 24.3 Å². The van der Waals surface area contributed by atoms with Crippen molar-refractivity contribution in [2.24, 2.45) is 0 Å². The van der Waals surface area contributed by atoms with Crippen molar-refractivity contribution in [3.63, 3.8) is 0 Å². The number of nitrogens with zero attached hydrogens (tertiary/aromatic N) is 1. The van der Waals surface area contributed by atoms with Crippen LogP contribution in [0.2, 0.25) is 0 Å². The Labute approximate surface area is 205 Å². The Hall–Kier alpha value is -3.62. The number of H-pyrrole nitrogens is 1. The number of pyridine rings is 1. The number of nitrogens with one attached hydrogen (secondary N) is 1. The van der Waals surface area contributed by atoms with Crippen LogP contribution in [0.25, 0.3) is 11.3 Å². The molecule has 0 saturated heterocycles. The Morgan fingerprint density at radius 2 is 1.69 bits per heavy atom. The van der Waals surface area contributed by atoms with E-state index in [1.54, 1.807) is 11.9 Å². The lowest BCUT2D eigenvalue weighted by molar-refractivity contribution is -0.137. The highest BCUT2D eigenvalue weighted by Gasteiger charge is 2.33. The van der Waals surface area contributed by atoms with Crippen LogP contribution in [0.4, 0.5) is 17.6 Å². The van der Waals surface area contributed by atoms with E-state index in [0.29, 0.717) is 12.0 Å². The van der Waals surface area contributed by atoms with Gasteiger partial charge in [0.15, 0.2) is 5.75 Å². The largest absolute Gasteiger partial charge is 0.491 e. The minimum atomic E-state index is -4.78. The Bertz CT molecular complexity index is 1300. The van der Waals surface area contributed by atoms with Crippen LogP contribution < -0.4 is 10.3 Å². The molecule has 0 unspecified atom stereocenters. The molecule has 36 heavy (non-hydrogen) atoms. The topological polar surface area (TPSA) is 62.4 Å². The average molecular weight is 503 g/mol. The maximum absolute atomic E-state index is 14.0. The number of alkyl halides is 3. The van der Waals surface area contributed by atoms with Gasteiger partial charge in [-0.1, -0.05) is 30.3 Å². The predicted octanol–water partition coefficient (Wildman–Crippen LogP) is 6.01. The van der Waals surface area contributed by atoms with Crippen LogP contribution in [-0.2, 0) is 6.18 Å². The quantitative estimate of drug-likeness (QED) is 0.435. The molecule has 1 aliphatic rings. The number of aromatic nitrogens is 1. The van der Waals surface area contributed by atoms with Crippen molar-refractivity contribution in [3.8, 4) is 17.0 Å². The Morgan fingerprint density at radius 1 is 1.03 bits per heavy atom. The van der Waals surface area contributed by atoms with E-state index >= 15 is 0 Å². The second kappa shape index (κ2) is 10.2. The molecule has 3 aromatic rings. The van der Waals surface area contributed by atoms with Crippen molar-refractivity contribution in [2.45, 2.75) is 43.8 Å². The van der Waals surface area contributed by atoms with E-state index in [2.05, 4.69) is 17.1 Å². The van der Waals surface area contributed by atoms with Gasteiger partial charge in [0.1, 0.15) is 5.82 Å². The molecule has 1 fully saturated rings. The number of rotatable bonds is 5. The monoisotopic (exact) mass is 502 g/mol. The summed E-state index contributed by atoms with van der Waals surface area (Å²) in [6, 6.07) is 13.3. The molecule has 0 radical (unpaired) electrons. The fourth-order valence-corrected chi connectivity index (χ4v) is 4.85. The number of aromatic amines is 1. The van der Waals surface area contributed by atoms with Crippen molar-refractivity contribution >= 4 is 5.91 Å². The summed E-state index contributed by atoms with van der Waals surface area (Å²) < 4.78 is 58.7. The molecule has 0 aliphatic heterocycles. The smallest absolute Gasteiger partial charge is 0.416 e. The number of amides is 1. The van der Waals surface area contributed by atoms with E-state index in [1.807, 2.05) is 18.2 Å². The number of benzene rings is 2. The first-order chi connectivity index (χ1) is 17.1. The molecule has 4 rings (SSSR count). The summed E-state index contributed by atoms with van der Waals surface area (Å²) in [5.41, 5.74) is -1.15. The minimum absolute atomic E-state index is 0.0732. The van der Waals surface area contributed by atoms with Crippen molar-refractivity contribution in [2.75, 3.05) is 14.2 Å². The lowest BCUT2D eigenvalue weighted by Gasteiger charge is -2.35. The molecule has 5 nitrogen and oxygen atoms in total. The molecular weight excluding hydrogens is 476 g/mol. The first kappa shape index (κ1) is 25.5. The molecule has 0 spiro atoms. The number of hydrogen-bond donors (Lipinski definition) is 1. The van der Waals surface area contributed by atoms with Gasteiger partial charge in [0.2, 0.25) is 0 Å². The van der Waals surface area contributed by atoms with Crippen molar-refractivity contribution in [3.05, 3.63) is 87.5 Å². The molecular formula is C27H26F4N2O3. The third-order valence-electron chi connectivity index (χ3n) is 6.79. The molecule has 190 valence electrons. The maximum Gasteiger partial charge on any atom is 0.416 e. The molecule has 9 heteroatoms. The van der Waals surface area contributed by atoms with Gasteiger partial charge in [-0.25, -0.2) is 4.39 Å². The summed E-state index contributed by atoms with van der Waals surface area (Å²) in [6.07, 6.45) is -1.46. The third kappa shape index (κ3) is 5.29. The molecule has 1 amide bonds. The first-order valence-electron chi connectivity index (χ1n) is 11.6. The summed E-state index contributed by atoms with van der Waals surface area (Å²) >= 11 is 0. The fraction of sp³-hybridized carbons (Fsp3) is 0.333. The zero-order chi connectivity index (χ0) is 26.0. The summed E-state index contributed by atoms with van der Waals surface area (Å²) in [7, 11) is 2.87. The van der Waals surface area contributed by atoms with Gasteiger partial charge < -0.3 is 14.6 Å². The van der Waals surface area contributed by atoms with E-state index in [0.717, 1.165) is 37.8 Å². The van der Waals surface area contributed by atoms with E-state index in [9.17, 15) is 27.2 Å². The van der Waals surface area contributed by atoms with Crippen LogP contribution in [0.3, 0.4) is 0 Å². The van der Waals surface area contributed by atoms with Crippen molar-refractivity contribution in [1.82, 2.24) is 9.88 Å². The average Bonchev–Trinajstić information content (AvgIpc) is 2.87. The van der Waals surface area contributed by atoms with E-state index in [1.165, 1.54) is 18.7 Å². The SMILES string of the molecule is COc1c(C(=O)N(C)[C@H]2CC[C@@H](c3ccccc3)CC2)cc(-c2cc(F)cc(C(F)(F)F)c2)[nH]c1=O. The van der Waals surface area contributed by atoms with Crippen LogP contribution in [0.15, 0.2) is 59.4 Å². The van der Waals surface area contributed by atoms with Gasteiger partial charge in [0.05, 0.1) is 18.2 Å². The van der Waals surface area contributed by atoms with Crippen LogP contribution in [-0.4, -0.2) is 36.0 Å². The molecule has 1 aliphatic carbocycles. The lowest BCUT2D eigenvalue weighted by Crippen LogP contribution is -2.39. The second-order valence-corrected chi connectivity index (χ2v) is 9.02. The Morgan fingerprint density at radius 3 is 2.31 bits per heavy atom. The molecule has 0 atom stereocenters. The van der Waals surface area contributed by atoms with E-state index < -0.39 is 29.0 Å². The van der Waals surface area contributed by atoms with Crippen molar-refractivity contribution in [1.29, 1.82) is 0 Å². The van der Waals surface area contributed by atoms with Gasteiger partial charge in [-0.2, -0.15) is 13.2 Å². The van der Waals surface area contributed by atoms with Gasteiger partial charge in [-0.3, -0.25) is 9.59 Å². The van der Waals surface area contributed by atoms with Crippen LogP contribution in [0, 0.1) is 5.82 Å². The summed E-state index contributed by atoms with van der Waals surface area (Å²) in [5.74, 6) is -1.45. The summed E-state index contributed by atoms with van der Waals surface area (Å²) in [4.78, 5) is 30.1. The normalized spacial score (nSPS) is 18.1. The third-order valence-corrected chi connectivity index (χ3v) is 6.79. The lowest BCUT2D eigenvalue weighted by atomic mass is 9.81. The number of ether oxygens (including phenoxy) is 1. The van der Waals surface area contributed by atoms with Crippen molar-refractivity contribution < 1.29 is 27.1 Å². The standard InChI is InChI=1S/C27H26F4N2O3/c1-33(21-10-8-17(9-11-21)16-6-4-3-5-7-16)26(35)22-15-23(32-25(34)24(22)36-2)18-12-19(27(29,30)31)14-20(28)13-18/h3-7,12-15,17,21H,8-11H2,1-2H3,(H,32,34)/t17-,21+. The summed E-state index contributed by atoms with van der Waals surface area (Å²) in [5, 5.41) is 0. The van der Waals surface area contributed by atoms with Gasteiger partial charge in [-0.15, -0.1) is 0 Å². The molecule has 1 aromatic heterocycles. The predicted molar refractivity (Wildman–Crippen MR) is 128 cm³/mol. The highest BCUT2D eigenvalue weighted by molar-refractivity contribution is 5.97. The zero-order valence-corrected chi connectivity index (χ0v) is 19.9. The molecule has 2 aromatic carbocycles. The molecule has 0 bridgehead atoms. The number of carbonyl (C=O) groups is 1.